The van der Waals surface area contributed by atoms with Crippen LogP contribution >= 0.6 is 0 Å². The predicted octanol–water partition coefficient (Wildman–Crippen LogP) is 4.72. The van der Waals surface area contributed by atoms with Gasteiger partial charge in [-0.05, 0) is 55.3 Å². The van der Waals surface area contributed by atoms with Crippen molar-refractivity contribution in [2.45, 2.75) is 65.7 Å². The average Bonchev–Trinajstić information content (AvgIpc) is 2.39. The molecule has 1 saturated carbocycles. The Morgan fingerprint density at radius 3 is 2.00 bits per heavy atom. The van der Waals surface area contributed by atoms with Crippen molar-refractivity contribution in [1.82, 2.24) is 0 Å². The fraction of sp³-hybridized carbons (Fsp3) is 0.667. The molecule has 1 aromatic carbocycles. The molecule has 2 heteroatoms. The van der Waals surface area contributed by atoms with Crippen LogP contribution in [0.3, 0.4) is 0 Å². The molecule has 1 aliphatic carbocycles. The standard InChI is InChI=1S/C18H30OSi/c1-18(2,3)15-11-13-16(14-12-15)19-20(4,5)17-9-7-6-8-10-17/h6-10,15-16H,11-14H2,1-5H3. The second kappa shape index (κ2) is 6.03. The van der Waals surface area contributed by atoms with Crippen LogP contribution in [0.25, 0.3) is 0 Å². The van der Waals surface area contributed by atoms with Crippen molar-refractivity contribution < 1.29 is 4.43 Å². The van der Waals surface area contributed by atoms with E-state index in [1.165, 1.54) is 30.9 Å². The van der Waals surface area contributed by atoms with Crippen LogP contribution in [-0.4, -0.2) is 14.4 Å². The molecule has 0 heterocycles. The van der Waals surface area contributed by atoms with Gasteiger partial charge < -0.3 is 4.43 Å². The van der Waals surface area contributed by atoms with Crippen LogP contribution in [0.5, 0.6) is 0 Å². The Kier molecular flexibility index (Phi) is 4.75. The summed E-state index contributed by atoms with van der Waals surface area (Å²) >= 11 is 0. The minimum Gasteiger partial charge on any atom is -0.410 e. The van der Waals surface area contributed by atoms with Crippen molar-refractivity contribution in [2.24, 2.45) is 11.3 Å². The molecule has 0 bridgehead atoms. The second-order valence-corrected chi connectivity index (χ2v) is 11.7. The molecular weight excluding hydrogens is 260 g/mol. The fourth-order valence-corrected chi connectivity index (χ4v) is 5.57. The molecule has 0 aliphatic heterocycles. The molecule has 1 aromatic rings. The van der Waals surface area contributed by atoms with Crippen LogP contribution in [0.1, 0.15) is 46.5 Å². The van der Waals surface area contributed by atoms with Gasteiger partial charge in [0.1, 0.15) is 0 Å². The fourth-order valence-electron chi connectivity index (χ4n) is 3.37. The molecule has 0 aromatic heterocycles. The van der Waals surface area contributed by atoms with Crippen molar-refractivity contribution in [1.29, 1.82) is 0 Å². The van der Waals surface area contributed by atoms with Crippen molar-refractivity contribution in [3.8, 4) is 0 Å². The zero-order valence-corrected chi connectivity index (χ0v) is 14.8. The Morgan fingerprint density at radius 2 is 1.50 bits per heavy atom. The van der Waals surface area contributed by atoms with Crippen molar-refractivity contribution >= 4 is 13.5 Å². The minimum atomic E-state index is -1.73. The van der Waals surface area contributed by atoms with Gasteiger partial charge in [0.25, 0.3) is 0 Å². The molecule has 0 atom stereocenters. The Bertz CT molecular complexity index is 411. The molecule has 2 rings (SSSR count). The molecular formula is C18H30OSi. The first-order valence-electron chi connectivity index (χ1n) is 8.02. The Balaban J connectivity index is 1.92. The SMILES string of the molecule is CC(C)(C)C1CCC(O[Si](C)(C)c2ccccc2)CC1. The van der Waals surface area contributed by atoms with Crippen molar-refractivity contribution in [3.63, 3.8) is 0 Å². The van der Waals surface area contributed by atoms with E-state index in [1.54, 1.807) is 0 Å². The number of hydrogen-bond acceptors (Lipinski definition) is 1. The lowest BCUT2D eigenvalue weighted by molar-refractivity contribution is 0.0850. The maximum Gasteiger partial charge on any atom is 0.218 e. The first-order chi connectivity index (χ1) is 9.29. The largest absolute Gasteiger partial charge is 0.410 e. The van der Waals surface area contributed by atoms with Gasteiger partial charge in [0, 0.05) is 6.10 Å². The van der Waals surface area contributed by atoms with Gasteiger partial charge >= 0.3 is 0 Å². The van der Waals surface area contributed by atoms with Gasteiger partial charge in [0.2, 0.25) is 8.32 Å². The molecule has 20 heavy (non-hydrogen) atoms. The highest BCUT2D eigenvalue weighted by molar-refractivity contribution is 6.84. The number of rotatable bonds is 3. The van der Waals surface area contributed by atoms with Crippen LogP contribution in [-0.2, 0) is 4.43 Å². The van der Waals surface area contributed by atoms with Crippen molar-refractivity contribution in [2.75, 3.05) is 0 Å². The zero-order chi connectivity index (χ0) is 14.8. The van der Waals surface area contributed by atoms with Gasteiger partial charge in [0.05, 0.1) is 0 Å². The third-order valence-electron chi connectivity index (χ3n) is 4.83. The number of benzene rings is 1. The maximum atomic E-state index is 6.56. The zero-order valence-electron chi connectivity index (χ0n) is 13.8. The molecule has 0 amide bonds. The molecule has 1 fully saturated rings. The lowest BCUT2D eigenvalue weighted by Gasteiger charge is -2.39. The van der Waals surface area contributed by atoms with Gasteiger partial charge in [-0.1, -0.05) is 51.1 Å². The van der Waals surface area contributed by atoms with E-state index in [0.717, 1.165) is 5.92 Å². The lowest BCUT2D eigenvalue weighted by Crippen LogP contribution is -2.48. The van der Waals surface area contributed by atoms with E-state index in [2.05, 4.69) is 64.2 Å². The average molecular weight is 291 g/mol. The topological polar surface area (TPSA) is 9.23 Å². The summed E-state index contributed by atoms with van der Waals surface area (Å²) in [6.45, 7) is 11.8. The van der Waals surface area contributed by atoms with E-state index in [9.17, 15) is 0 Å². The summed E-state index contributed by atoms with van der Waals surface area (Å²) in [5, 5.41) is 1.41. The summed E-state index contributed by atoms with van der Waals surface area (Å²) in [5.74, 6) is 0.865. The van der Waals surface area contributed by atoms with Gasteiger partial charge in [-0.3, -0.25) is 0 Å². The van der Waals surface area contributed by atoms with Gasteiger partial charge in [-0.15, -0.1) is 0 Å². The molecule has 1 aliphatic rings. The van der Waals surface area contributed by atoms with E-state index in [4.69, 9.17) is 4.43 Å². The highest BCUT2D eigenvalue weighted by Crippen LogP contribution is 2.39. The smallest absolute Gasteiger partial charge is 0.218 e. The molecule has 0 saturated heterocycles. The highest BCUT2D eigenvalue weighted by Gasteiger charge is 2.34. The van der Waals surface area contributed by atoms with Gasteiger partial charge in [0.15, 0.2) is 0 Å². The molecule has 1 nitrogen and oxygen atoms in total. The van der Waals surface area contributed by atoms with E-state index >= 15 is 0 Å². The second-order valence-electron chi connectivity index (χ2n) is 7.83. The van der Waals surface area contributed by atoms with Crippen molar-refractivity contribution in [3.05, 3.63) is 30.3 Å². The number of hydrogen-bond donors (Lipinski definition) is 0. The summed E-state index contributed by atoms with van der Waals surface area (Å²) in [4.78, 5) is 0. The molecule has 0 spiro atoms. The predicted molar refractivity (Wildman–Crippen MR) is 89.8 cm³/mol. The van der Waals surface area contributed by atoms with E-state index in [0.29, 0.717) is 11.5 Å². The summed E-state index contributed by atoms with van der Waals surface area (Å²) in [5.41, 5.74) is 0.456. The molecule has 0 N–H and O–H groups in total. The summed E-state index contributed by atoms with van der Waals surface area (Å²) in [7, 11) is -1.73. The van der Waals surface area contributed by atoms with Crippen LogP contribution < -0.4 is 5.19 Å². The van der Waals surface area contributed by atoms with Crippen LogP contribution in [0.2, 0.25) is 13.1 Å². The van der Waals surface area contributed by atoms with Crippen LogP contribution in [0.15, 0.2) is 30.3 Å². The van der Waals surface area contributed by atoms with E-state index in [-0.39, 0.29) is 0 Å². The molecule has 0 radical (unpaired) electrons. The third kappa shape index (κ3) is 3.95. The first-order valence-corrected chi connectivity index (χ1v) is 10.9. The highest BCUT2D eigenvalue weighted by atomic mass is 28.4. The summed E-state index contributed by atoms with van der Waals surface area (Å²) in [6.07, 6.45) is 5.62. The van der Waals surface area contributed by atoms with Gasteiger partial charge in [-0.2, -0.15) is 0 Å². The van der Waals surface area contributed by atoms with Gasteiger partial charge in [-0.25, -0.2) is 0 Å². The monoisotopic (exact) mass is 290 g/mol. The Labute approximate surface area is 125 Å². The first kappa shape index (κ1) is 15.8. The Hall–Kier alpha value is -0.603. The lowest BCUT2D eigenvalue weighted by atomic mass is 9.72. The normalized spacial score (nSPS) is 24.6. The summed E-state index contributed by atoms with van der Waals surface area (Å²) in [6, 6.07) is 10.8. The third-order valence-corrected chi connectivity index (χ3v) is 7.48. The van der Waals surface area contributed by atoms with Crippen LogP contribution in [0, 0.1) is 11.3 Å². The minimum absolute atomic E-state index is 0.456. The molecule has 0 unspecified atom stereocenters. The Morgan fingerprint density at radius 1 is 0.950 bits per heavy atom. The summed E-state index contributed by atoms with van der Waals surface area (Å²) < 4.78 is 6.56. The van der Waals surface area contributed by atoms with E-state index < -0.39 is 8.32 Å². The molecule has 112 valence electrons. The quantitative estimate of drug-likeness (QED) is 0.732. The maximum absolute atomic E-state index is 6.56. The van der Waals surface area contributed by atoms with Crippen LogP contribution in [0.4, 0.5) is 0 Å². The van der Waals surface area contributed by atoms with E-state index in [1.807, 2.05) is 0 Å².